The maximum Gasteiger partial charge on any atom is 0.321 e. The Balaban J connectivity index is 1.56. The smallest absolute Gasteiger partial charge is 0.321 e. The van der Waals surface area contributed by atoms with Gasteiger partial charge in [0.05, 0.1) is 0 Å². The van der Waals surface area contributed by atoms with Gasteiger partial charge in [0.25, 0.3) is 0 Å². The minimum absolute atomic E-state index is 0.00845. The lowest BCUT2D eigenvalue weighted by Gasteiger charge is -2.34. The number of nitrogens with one attached hydrogen (secondary N) is 1. The number of anilines is 1. The van der Waals surface area contributed by atoms with Gasteiger partial charge in [-0.1, -0.05) is 11.6 Å². The molecular formula is C15H20ClN3O. The van der Waals surface area contributed by atoms with Gasteiger partial charge in [0, 0.05) is 42.9 Å². The van der Waals surface area contributed by atoms with Gasteiger partial charge in [0.2, 0.25) is 0 Å². The maximum atomic E-state index is 12.3. The number of piperazine rings is 1. The van der Waals surface area contributed by atoms with Crippen molar-refractivity contribution in [2.45, 2.75) is 25.8 Å². The SMILES string of the molecule is Cc1cc(Cl)ccc1NC(=O)N1CCN(C2CC2)CC1. The summed E-state index contributed by atoms with van der Waals surface area (Å²) in [6, 6.07) is 6.30. The van der Waals surface area contributed by atoms with Gasteiger partial charge in [-0.15, -0.1) is 0 Å². The van der Waals surface area contributed by atoms with Crippen LogP contribution >= 0.6 is 11.6 Å². The van der Waals surface area contributed by atoms with E-state index in [4.69, 9.17) is 11.6 Å². The molecule has 2 fully saturated rings. The van der Waals surface area contributed by atoms with E-state index in [1.54, 1.807) is 6.07 Å². The first-order chi connectivity index (χ1) is 9.63. The van der Waals surface area contributed by atoms with Crippen LogP contribution in [-0.2, 0) is 0 Å². The van der Waals surface area contributed by atoms with Crippen LogP contribution in [0.5, 0.6) is 0 Å². The van der Waals surface area contributed by atoms with Gasteiger partial charge in [-0.05, 0) is 43.5 Å². The second-order valence-electron chi connectivity index (χ2n) is 5.64. The number of hydrogen-bond donors (Lipinski definition) is 1. The zero-order valence-corrected chi connectivity index (χ0v) is 12.5. The maximum absolute atomic E-state index is 12.3. The Hall–Kier alpha value is -1.26. The third-order valence-corrected chi connectivity index (χ3v) is 4.33. The van der Waals surface area contributed by atoms with Crippen LogP contribution in [0.2, 0.25) is 5.02 Å². The van der Waals surface area contributed by atoms with Crippen LogP contribution in [0.15, 0.2) is 18.2 Å². The Kier molecular flexibility index (Phi) is 3.85. The molecule has 2 aliphatic rings. The molecule has 20 heavy (non-hydrogen) atoms. The first-order valence-electron chi connectivity index (χ1n) is 7.19. The number of hydrogen-bond acceptors (Lipinski definition) is 2. The first-order valence-corrected chi connectivity index (χ1v) is 7.57. The Morgan fingerprint density at radius 3 is 2.55 bits per heavy atom. The summed E-state index contributed by atoms with van der Waals surface area (Å²) in [6.45, 7) is 5.58. The van der Waals surface area contributed by atoms with E-state index in [1.165, 1.54) is 12.8 Å². The molecule has 0 unspecified atom stereocenters. The lowest BCUT2D eigenvalue weighted by molar-refractivity contribution is 0.142. The number of rotatable bonds is 2. The normalized spacial score (nSPS) is 20.0. The van der Waals surface area contributed by atoms with Gasteiger partial charge in [-0.25, -0.2) is 4.79 Å². The summed E-state index contributed by atoms with van der Waals surface area (Å²) in [5.41, 5.74) is 1.83. The van der Waals surface area contributed by atoms with Gasteiger partial charge < -0.3 is 10.2 Å². The number of benzene rings is 1. The molecule has 1 aliphatic carbocycles. The fourth-order valence-electron chi connectivity index (χ4n) is 2.69. The number of amides is 2. The Labute approximate surface area is 124 Å². The van der Waals surface area contributed by atoms with E-state index in [2.05, 4.69) is 10.2 Å². The Morgan fingerprint density at radius 2 is 1.95 bits per heavy atom. The zero-order valence-electron chi connectivity index (χ0n) is 11.7. The molecule has 0 radical (unpaired) electrons. The van der Waals surface area contributed by atoms with Gasteiger partial charge in [0.1, 0.15) is 0 Å². The third kappa shape index (κ3) is 3.07. The van der Waals surface area contributed by atoms with Crippen molar-refractivity contribution in [2.24, 2.45) is 0 Å². The van der Waals surface area contributed by atoms with E-state index < -0.39 is 0 Å². The van der Waals surface area contributed by atoms with Crippen LogP contribution in [0.3, 0.4) is 0 Å². The molecule has 1 saturated carbocycles. The Morgan fingerprint density at radius 1 is 1.25 bits per heavy atom. The van der Waals surface area contributed by atoms with E-state index in [9.17, 15) is 4.79 Å². The van der Waals surface area contributed by atoms with E-state index in [0.29, 0.717) is 5.02 Å². The Bertz CT molecular complexity index is 508. The highest BCUT2D eigenvalue weighted by molar-refractivity contribution is 6.30. The number of aryl methyl sites for hydroxylation is 1. The van der Waals surface area contributed by atoms with Crippen LogP contribution < -0.4 is 5.32 Å². The highest BCUT2D eigenvalue weighted by atomic mass is 35.5. The van der Waals surface area contributed by atoms with Gasteiger partial charge in [-0.2, -0.15) is 0 Å². The molecule has 0 aromatic heterocycles. The molecule has 1 aliphatic heterocycles. The summed E-state index contributed by atoms with van der Waals surface area (Å²) in [6.07, 6.45) is 2.66. The number of carbonyl (C=O) groups is 1. The van der Waals surface area contributed by atoms with Gasteiger partial charge in [0.15, 0.2) is 0 Å². The molecule has 1 aromatic carbocycles. The second-order valence-corrected chi connectivity index (χ2v) is 6.08. The molecule has 1 heterocycles. The summed E-state index contributed by atoms with van der Waals surface area (Å²) < 4.78 is 0. The molecule has 4 nitrogen and oxygen atoms in total. The predicted molar refractivity (Wildman–Crippen MR) is 81.4 cm³/mol. The standard InChI is InChI=1S/C15H20ClN3O/c1-11-10-12(16)2-5-14(11)17-15(20)19-8-6-18(7-9-19)13-3-4-13/h2,5,10,13H,3-4,6-9H2,1H3,(H,17,20). The van der Waals surface area contributed by atoms with Crippen molar-refractivity contribution in [3.63, 3.8) is 0 Å². The van der Waals surface area contributed by atoms with Crippen LogP contribution in [0.1, 0.15) is 18.4 Å². The summed E-state index contributed by atoms with van der Waals surface area (Å²) in [4.78, 5) is 16.7. The van der Waals surface area contributed by atoms with Crippen LogP contribution in [0.4, 0.5) is 10.5 Å². The van der Waals surface area contributed by atoms with Gasteiger partial charge >= 0.3 is 6.03 Å². The molecule has 2 amide bonds. The van der Waals surface area contributed by atoms with Gasteiger partial charge in [-0.3, -0.25) is 4.90 Å². The fourth-order valence-corrected chi connectivity index (χ4v) is 2.92. The molecule has 0 atom stereocenters. The number of nitrogens with zero attached hydrogens (tertiary/aromatic N) is 2. The minimum Gasteiger partial charge on any atom is -0.322 e. The van der Waals surface area contributed by atoms with Crippen molar-refractivity contribution in [1.82, 2.24) is 9.80 Å². The number of urea groups is 1. The second kappa shape index (κ2) is 5.62. The van der Waals surface area contributed by atoms with E-state index in [1.807, 2.05) is 24.0 Å². The largest absolute Gasteiger partial charge is 0.322 e. The lowest BCUT2D eigenvalue weighted by Crippen LogP contribution is -2.50. The predicted octanol–water partition coefficient (Wildman–Crippen LogP) is 2.96. The van der Waals surface area contributed by atoms with E-state index in [-0.39, 0.29) is 6.03 Å². The van der Waals surface area contributed by atoms with E-state index >= 15 is 0 Å². The van der Waals surface area contributed by atoms with Crippen molar-refractivity contribution < 1.29 is 4.79 Å². The highest BCUT2D eigenvalue weighted by Crippen LogP contribution is 2.27. The fraction of sp³-hybridized carbons (Fsp3) is 0.533. The molecule has 1 saturated heterocycles. The lowest BCUT2D eigenvalue weighted by atomic mass is 10.2. The minimum atomic E-state index is -0.00845. The van der Waals surface area contributed by atoms with Crippen molar-refractivity contribution >= 4 is 23.3 Å². The first kappa shape index (κ1) is 13.7. The van der Waals surface area contributed by atoms with Crippen molar-refractivity contribution in [3.8, 4) is 0 Å². The zero-order chi connectivity index (χ0) is 14.1. The molecule has 5 heteroatoms. The average molecular weight is 294 g/mol. The molecule has 0 spiro atoms. The quantitative estimate of drug-likeness (QED) is 0.910. The average Bonchev–Trinajstić information content (AvgIpc) is 3.26. The third-order valence-electron chi connectivity index (χ3n) is 4.09. The van der Waals surface area contributed by atoms with Crippen LogP contribution in [0, 0.1) is 6.92 Å². The topological polar surface area (TPSA) is 35.6 Å². The molecule has 1 aromatic rings. The monoisotopic (exact) mass is 293 g/mol. The molecule has 1 N–H and O–H groups in total. The summed E-state index contributed by atoms with van der Waals surface area (Å²) in [5.74, 6) is 0. The van der Waals surface area contributed by atoms with E-state index in [0.717, 1.165) is 43.5 Å². The molecule has 108 valence electrons. The number of halogens is 1. The molecule has 3 rings (SSSR count). The number of carbonyl (C=O) groups excluding carboxylic acids is 1. The van der Waals surface area contributed by atoms with Crippen LogP contribution in [0.25, 0.3) is 0 Å². The summed E-state index contributed by atoms with van der Waals surface area (Å²) >= 11 is 5.93. The van der Waals surface area contributed by atoms with Crippen molar-refractivity contribution in [1.29, 1.82) is 0 Å². The highest BCUT2D eigenvalue weighted by Gasteiger charge is 2.32. The van der Waals surface area contributed by atoms with Crippen molar-refractivity contribution in [2.75, 3.05) is 31.5 Å². The van der Waals surface area contributed by atoms with Crippen LogP contribution in [-0.4, -0.2) is 48.1 Å². The molecular weight excluding hydrogens is 274 g/mol. The summed E-state index contributed by atoms with van der Waals surface area (Å²) in [7, 11) is 0. The molecule has 0 bridgehead atoms. The summed E-state index contributed by atoms with van der Waals surface area (Å²) in [5, 5.41) is 3.67. The van der Waals surface area contributed by atoms with Crippen molar-refractivity contribution in [3.05, 3.63) is 28.8 Å².